The lowest BCUT2D eigenvalue weighted by atomic mass is 10.2. The molecular weight excluding hydrogens is 344 g/mol. The topological polar surface area (TPSA) is 48.5 Å². The van der Waals surface area contributed by atoms with Gasteiger partial charge in [-0.2, -0.15) is 0 Å². The normalized spacial score (nSPS) is 14.5. The van der Waals surface area contributed by atoms with Crippen molar-refractivity contribution in [2.45, 2.75) is 24.9 Å². The molecule has 1 N–H and O–H groups in total. The molecule has 0 bridgehead atoms. The molecule has 138 valence electrons. The Labute approximate surface area is 159 Å². The van der Waals surface area contributed by atoms with Gasteiger partial charge in [-0.3, -0.25) is 4.79 Å². The minimum Gasteiger partial charge on any atom is -0.353 e. The van der Waals surface area contributed by atoms with Gasteiger partial charge in [0, 0.05) is 62.8 Å². The summed E-state index contributed by atoms with van der Waals surface area (Å²) in [5.74, 6) is 1.18. The molecule has 0 aliphatic carbocycles. The number of piperazine rings is 1. The second kappa shape index (κ2) is 9.05. The molecule has 0 saturated carbocycles. The van der Waals surface area contributed by atoms with E-state index in [0.29, 0.717) is 0 Å². The van der Waals surface area contributed by atoms with Crippen LogP contribution in [-0.2, 0) is 17.9 Å². The Morgan fingerprint density at radius 3 is 2.69 bits per heavy atom. The highest BCUT2D eigenvalue weighted by Crippen LogP contribution is 2.20. The monoisotopic (exact) mass is 370 g/mol. The Morgan fingerprint density at radius 2 is 1.96 bits per heavy atom. The number of benzene rings is 1. The molecule has 1 aromatic heterocycles. The van der Waals surface area contributed by atoms with Crippen molar-refractivity contribution < 1.29 is 4.79 Å². The largest absolute Gasteiger partial charge is 0.353 e. The number of nitrogens with one attached hydrogen (secondary N) is 1. The van der Waals surface area contributed by atoms with E-state index in [4.69, 9.17) is 0 Å². The molecular formula is C20H26N4OS. The maximum Gasteiger partial charge on any atom is 0.219 e. The molecule has 0 atom stereocenters. The summed E-state index contributed by atoms with van der Waals surface area (Å²) in [6.45, 7) is 6.44. The Bertz CT molecular complexity index is 744. The van der Waals surface area contributed by atoms with E-state index in [9.17, 15) is 4.79 Å². The van der Waals surface area contributed by atoms with Crippen LogP contribution in [0.25, 0.3) is 0 Å². The first-order chi connectivity index (χ1) is 12.7. The minimum atomic E-state index is 0.153. The quantitative estimate of drug-likeness (QED) is 0.793. The van der Waals surface area contributed by atoms with Crippen LogP contribution in [0.5, 0.6) is 0 Å². The molecule has 1 aliphatic heterocycles. The van der Waals surface area contributed by atoms with Gasteiger partial charge < -0.3 is 15.1 Å². The number of carbonyl (C=O) groups excluding carboxylic acids is 1. The molecule has 1 amide bonds. The lowest BCUT2D eigenvalue weighted by molar-refractivity contribution is -0.129. The van der Waals surface area contributed by atoms with Crippen molar-refractivity contribution in [1.29, 1.82) is 0 Å². The molecule has 0 spiro atoms. The third kappa shape index (κ3) is 4.77. The molecule has 1 aromatic carbocycles. The molecule has 1 saturated heterocycles. The van der Waals surface area contributed by atoms with Crippen molar-refractivity contribution >= 4 is 23.5 Å². The van der Waals surface area contributed by atoms with Gasteiger partial charge in [0.05, 0.1) is 0 Å². The molecule has 2 aromatic rings. The minimum absolute atomic E-state index is 0.153. The second-order valence-corrected chi connectivity index (χ2v) is 7.31. The second-order valence-electron chi connectivity index (χ2n) is 6.43. The summed E-state index contributed by atoms with van der Waals surface area (Å²) < 4.78 is 0. The van der Waals surface area contributed by atoms with Gasteiger partial charge in [-0.1, -0.05) is 18.2 Å². The number of anilines is 1. The molecule has 0 unspecified atom stereocenters. The zero-order valence-electron chi connectivity index (χ0n) is 15.4. The molecule has 26 heavy (non-hydrogen) atoms. The highest BCUT2D eigenvalue weighted by molar-refractivity contribution is 7.98. The standard InChI is InChI=1S/C20H26N4OS/c1-16(25)23-9-11-24(12-10-23)20-18(6-4-8-22-20)15-21-14-17-5-3-7-19(13-17)26-2/h3-8,13,21H,9-12,14-15H2,1-2H3. The highest BCUT2D eigenvalue weighted by Gasteiger charge is 2.21. The van der Waals surface area contributed by atoms with Crippen molar-refractivity contribution in [3.8, 4) is 0 Å². The predicted octanol–water partition coefficient (Wildman–Crippen LogP) is 2.76. The van der Waals surface area contributed by atoms with E-state index in [1.54, 1.807) is 18.7 Å². The van der Waals surface area contributed by atoms with Crippen LogP contribution < -0.4 is 10.2 Å². The fourth-order valence-electron chi connectivity index (χ4n) is 3.21. The fourth-order valence-corrected chi connectivity index (χ4v) is 3.69. The first kappa shape index (κ1) is 18.7. The summed E-state index contributed by atoms with van der Waals surface area (Å²) in [5.41, 5.74) is 2.49. The zero-order chi connectivity index (χ0) is 18.4. The summed E-state index contributed by atoms with van der Waals surface area (Å²) in [6.07, 6.45) is 3.94. The van der Waals surface area contributed by atoms with E-state index in [1.165, 1.54) is 16.0 Å². The first-order valence-electron chi connectivity index (χ1n) is 8.95. The predicted molar refractivity (Wildman–Crippen MR) is 107 cm³/mol. The van der Waals surface area contributed by atoms with Crippen LogP contribution in [0.2, 0.25) is 0 Å². The molecule has 0 radical (unpaired) electrons. The summed E-state index contributed by atoms with van der Waals surface area (Å²) in [7, 11) is 0. The van der Waals surface area contributed by atoms with Crippen LogP contribution in [0.1, 0.15) is 18.1 Å². The van der Waals surface area contributed by atoms with Crippen molar-refractivity contribution in [3.05, 3.63) is 53.7 Å². The summed E-state index contributed by atoms with van der Waals surface area (Å²) in [6, 6.07) is 12.7. The van der Waals surface area contributed by atoms with E-state index in [0.717, 1.165) is 45.1 Å². The number of aromatic nitrogens is 1. The van der Waals surface area contributed by atoms with Crippen LogP contribution in [0.15, 0.2) is 47.5 Å². The highest BCUT2D eigenvalue weighted by atomic mass is 32.2. The van der Waals surface area contributed by atoms with Gasteiger partial charge in [-0.05, 0) is 30.0 Å². The van der Waals surface area contributed by atoms with Gasteiger partial charge in [0.15, 0.2) is 0 Å². The van der Waals surface area contributed by atoms with E-state index in [-0.39, 0.29) is 5.91 Å². The molecule has 5 nitrogen and oxygen atoms in total. The van der Waals surface area contributed by atoms with Gasteiger partial charge in [-0.15, -0.1) is 11.8 Å². The Morgan fingerprint density at radius 1 is 1.15 bits per heavy atom. The smallest absolute Gasteiger partial charge is 0.219 e. The van der Waals surface area contributed by atoms with Crippen LogP contribution in [-0.4, -0.2) is 48.2 Å². The molecule has 3 rings (SSSR count). The fraction of sp³-hybridized carbons (Fsp3) is 0.400. The number of rotatable bonds is 6. The lowest BCUT2D eigenvalue weighted by Gasteiger charge is -2.35. The van der Waals surface area contributed by atoms with Gasteiger partial charge in [-0.25, -0.2) is 4.98 Å². The van der Waals surface area contributed by atoms with E-state index in [2.05, 4.69) is 51.8 Å². The SMILES string of the molecule is CSc1cccc(CNCc2cccnc2N2CCN(C(C)=O)CC2)c1. The number of amides is 1. The van der Waals surface area contributed by atoms with Crippen LogP contribution in [0.3, 0.4) is 0 Å². The van der Waals surface area contributed by atoms with Gasteiger partial charge in [0.1, 0.15) is 5.82 Å². The first-order valence-corrected chi connectivity index (χ1v) is 10.2. The number of nitrogens with zero attached hydrogens (tertiary/aromatic N) is 3. The maximum atomic E-state index is 11.5. The van der Waals surface area contributed by atoms with Crippen LogP contribution in [0.4, 0.5) is 5.82 Å². The number of thioether (sulfide) groups is 1. The lowest BCUT2D eigenvalue weighted by Crippen LogP contribution is -2.48. The molecule has 1 fully saturated rings. The maximum absolute atomic E-state index is 11.5. The van der Waals surface area contributed by atoms with Crippen molar-refractivity contribution in [2.75, 3.05) is 37.3 Å². The van der Waals surface area contributed by atoms with Crippen LogP contribution >= 0.6 is 11.8 Å². The average molecular weight is 371 g/mol. The Balaban J connectivity index is 1.60. The van der Waals surface area contributed by atoms with Crippen molar-refractivity contribution in [1.82, 2.24) is 15.2 Å². The van der Waals surface area contributed by atoms with E-state index >= 15 is 0 Å². The number of hydrogen-bond acceptors (Lipinski definition) is 5. The van der Waals surface area contributed by atoms with Gasteiger partial charge in [0.25, 0.3) is 0 Å². The Kier molecular flexibility index (Phi) is 6.52. The van der Waals surface area contributed by atoms with Crippen LogP contribution in [0, 0.1) is 0 Å². The number of carbonyl (C=O) groups is 1. The van der Waals surface area contributed by atoms with Gasteiger partial charge >= 0.3 is 0 Å². The van der Waals surface area contributed by atoms with Crippen molar-refractivity contribution in [2.24, 2.45) is 0 Å². The molecule has 6 heteroatoms. The summed E-state index contributed by atoms with van der Waals surface area (Å²) >= 11 is 1.76. The molecule has 1 aliphatic rings. The zero-order valence-corrected chi connectivity index (χ0v) is 16.3. The number of hydrogen-bond donors (Lipinski definition) is 1. The van der Waals surface area contributed by atoms with E-state index in [1.807, 2.05) is 17.2 Å². The summed E-state index contributed by atoms with van der Waals surface area (Å²) in [5, 5.41) is 3.54. The third-order valence-corrected chi connectivity index (χ3v) is 5.40. The third-order valence-electron chi connectivity index (χ3n) is 4.67. The number of pyridine rings is 1. The Hall–Kier alpha value is -2.05. The van der Waals surface area contributed by atoms with Gasteiger partial charge in [0.2, 0.25) is 5.91 Å². The van der Waals surface area contributed by atoms with E-state index < -0.39 is 0 Å². The summed E-state index contributed by atoms with van der Waals surface area (Å²) in [4.78, 5) is 21.6. The average Bonchev–Trinajstić information content (AvgIpc) is 2.68. The van der Waals surface area contributed by atoms with Crippen molar-refractivity contribution in [3.63, 3.8) is 0 Å². The molecule has 2 heterocycles.